The van der Waals surface area contributed by atoms with Crippen LogP contribution in [0.3, 0.4) is 0 Å². The fraction of sp³-hybridized carbons (Fsp3) is 0.727. The Morgan fingerprint density at radius 2 is 2.29 bits per heavy atom. The van der Waals surface area contributed by atoms with E-state index in [1.165, 1.54) is 6.42 Å². The molecule has 1 amide bonds. The molecule has 0 saturated heterocycles. The van der Waals surface area contributed by atoms with Crippen molar-refractivity contribution in [3.8, 4) is 0 Å². The zero-order valence-corrected chi connectivity index (χ0v) is 9.05. The quantitative estimate of drug-likeness (QED) is 0.666. The Hall–Kier alpha value is -0.830. The maximum Gasteiger partial charge on any atom is 0.239 e. The zero-order valence-electron chi connectivity index (χ0n) is 9.05. The number of hydrogen-bond donors (Lipinski definition) is 2. The molecule has 1 unspecified atom stereocenters. The molecule has 1 atom stereocenters. The van der Waals surface area contributed by atoms with Crippen molar-refractivity contribution in [1.82, 2.24) is 5.32 Å². The van der Waals surface area contributed by atoms with Crippen LogP contribution >= 0.6 is 0 Å². The molecular weight excluding hydrogens is 176 g/mol. The first kappa shape index (κ1) is 11.2. The number of allylic oxidation sites excluding steroid dienone is 2. The molecule has 1 rings (SSSR count). The van der Waals surface area contributed by atoms with E-state index in [1.54, 1.807) is 13.8 Å². The largest absolute Gasteiger partial charge is 0.354 e. The van der Waals surface area contributed by atoms with Crippen LogP contribution in [0.4, 0.5) is 0 Å². The van der Waals surface area contributed by atoms with Gasteiger partial charge in [-0.25, -0.2) is 0 Å². The first-order valence-electron chi connectivity index (χ1n) is 5.22. The lowest BCUT2D eigenvalue weighted by atomic mass is 9.94. The van der Waals surface area contributed by atoms with Crippen molar-refractivity contribution in [1.29, 1.82) is 0 Å². The third-order valence-electron chi connectivity index (χ3n) is 2.51. The molecule has 0 fully saturated rings. The number of amides is 1. The van der Waals surface area contributed by atoms with Crippen LogP contribution < -0.4 is 11.1 Å². The van der Waals surface area contributed by atoms with Gasteiger partial charge in [0.2, 0.25) is 5.91 Å². The summed E-state index contributed by atoms with van der Waals surface area (Å²) in [4.78, 5) is 11.5. The van der Waals surface area contributed by atoms with Crippen LogP contribution in [0.2, 0.25) is 0 Å². The summed E-state index contributed by atoms with van der Waals surface area (Å²) >= 11 is 0. The minimum atomic E-state index is -0.759. The van der Waals surface area contributed by atoms with E-state index in [4.69, 9.17) is 5.73 Å². The molecule has 3 nitrogen and oxygen atoms in total. The van der Waals surface area contributed by atoms with E-state index in [0.29, 0.717) is 5.92 Å². The fourth-order valence-electron chi connectivity index (χ4n) is 1.51. The summed E-state index contributed by atoms with van der Waals surface area (Å²) in [6, 6.07) is 0. The molecule has 0 aromatic rings. The monoisotopic (exact) mass is 196 g/mol. The Kier molecular flexibility index (Phi) is 3.69. The summed E-state index contributed by atoms with van der Waals surface area (Å²) in [6.07, 6.45) is 7.76. The van der Waals surface area contributed by atoms with Gasteiger partial charge >= 0.3 is 0 Å². The Morgan fingerprint density at radius 1 is 1.57 bits per heavy atom. The molecule has 1 aliphatic carbocycles. The van der Waals surface area contributed by atoms with Crippen LogP contribution in [0.15, 0.2) is 12.2 Å². The number of carbonyl (C=O) groups excluding carboxylic acids is 1. The van der Waals surface area contributed by atoms with Gasteiger partial charge in [-0.2, -0.15) is 0 Å². The van der Waals surface area contributed by atoms with Gasteiger partial charge in [-0.15, -0.1) is 0 Å². The van der Waals surface area contributed by atoms with Crippen molar-refractivity contribution < 1.29 is 4.79 Å². The first-order valence-corrected chi connectivity index (χ1v) is 5.22. The molecule has 14 heavy (non-hydrogen) atoms. The molecule has 80 valence electrons. The Balaban J connectivity index is 2.26. The highest BCUT2D eigenvalue weighted by atomic mass is 16.2. The van der Waals surface area contributed by atoms with Crippen molar-refractivity contribution in [2.45, 2.75) is 38.6 Å². The van der Waals surface area contributed by atoms with Gasteiger partial charge < -0.3 is 11.1 Å². The molecular formula is C11H20N2O. The Morgan fingerprint density at radius 3 is 2.79 bits per heavy atom. The number of hydrogen-bond acceptors (Lipinski definition) is 2. The second-order valence-corrected chi connectivity index (χ2v) is 4.58. The molecule has 0 aliphatic heterocycles. The van der Waals surface area contributed by atoms with Gasteiger partial charge in [0.15, 0.2) is 0 Å². The second kappa shape index (κ2) is 4.60. The van der Waals surface area contributed by atoms with Crippen LogP contribution in [-0.2, 0) is 4.79 Å². The van der Waals surface area contributed by atoms with E-state index in [2.05, 4.69) is 17.5 Å². The highest BCUT2D eigenvalue weighted by molar-refractivity contribution is 5.84. The summed E-state index contributed by atoms with van der Waals surface area (Å²) in [5.41, 5.74) is 4.91. The van der Waals surface area contributed by atoms with Crippen LogP contribution in [0.25, 0.3) is 0 Å². The van der Waals surface area contributed by atoms with Crippen molar-refractivity contribution >= 4 is 5.91 Å². The molecule has 0 heterocycles. The fourth-order valence-corrected chi connectivity index (χ4v) is 1.51. The molecule has 3 heteroatoms. The van der Waals surface area contributed by atoms with Crippen LogP contribution in [0.5, 0.6) is 0 Å². The normalized spacial score (nSPS) is 22.1. The van der Waals surface area contributed by atoms with E-state index in [-0.39, 0.29) is 5.91 Å². The summed E-state index contributed by atoms with van der Waals surface area (Å²) < 4.78 is 0. The lowest BCUT2D eigenvalue weighted by molar-refractivity contribution is -0.125. The number of nitrogens with one attached hydrogen (secondary N) is 1. The lowest BCUT2D eigenvalue weighted by Gasteiger charge is -2.22. The average Bonchev–Trinajstić information content (AvgIpc) is 2.14. The highest BCUT2D eigenvalue weighted by Gasteiger charge is 2.22. The van der Waals surface area contributed by atoms with Gasteiger partial charge in [0.25, 0.3) is 0 Å². The van der Waals surface area contributed by atoms with Gasteiger partial charge in [0.1, 0.15) is 0 Å². The van der Waals surface area contributed by atoms with E-state index in [9.17, 15) is 4.79 Å². The van der Waals surface area contributed by atoms with Crippen molar-refractivity contribution in [3.05, 3.63) is 12.2 Å². The molecule has 0 saturated carbocycles. The molecule has 0 aromatic carbocycles. The van der Waals surface area contributed by atoms with Crippen molar-refractivity contribution in [3.63, 3.8) is 0 Å². The number of rotatable bonds is 3. The van der Waals surface area contributed by atoms with Gasteiger partial charge in [0.05, 0.1) is 5.54 Å². The second-order valence-electron chi connectivity index (χ2n) is 4.58. The Labute approximate surface area is 85.7 Å². The van der Waals surface area contributed by atoms with Crippen molar-refractivity contribution in [2.24, 2.45) is 11.7 Å². The Bertz CT molecular complexity index is 228. The predicted molar refractivity (Wildman–Crippen MR) is 57.8 cm³/mol. The third-order valence-corrected chi connectivity index (χ3v) is 2.51. The topological polar surface area (TPSA) is 55.1 Å². The lowest BCUT2D eigenvalue weighted by Crippen LogP contribution is -2.50. The standard InChI is InChI=1S/C11H20N2O/c1-11(2,12)10(14)13-8-9-6-4-3-5-7-9/h3-4,9H,5-8,12H2,1-2H3,(H,13,14). The van der Waals surface area contributed by atoms with Crippen molar-refractivity contribution in [2.75, 3.05) is 6.54 Å². The van der Waals surface area contributed by atoms with E-state index in [1.807, 2.05) is 0 Å². The highest BCUT2D eigenvalue weighted by Crippen LogP contribution is 2.16. The van der Waals surface area contributed by atoms with Crippen LogP contribution in [-0.4, -0.2) is 18.0 Å². The maximum atomic E-state index is 11.5. The molecule has 3 N–H and O–H groups in total. The molecule has 0 aromatic heterocycles. The summed E-state index contributed by atoms with van der Waals surface area (Å²) in [5, 5.41) is 2.89. The first-order chi connectivity index (χ1) is 6.50. The van der Waals surface area contributed by atoms with Gasteiger partial charge in [-0.3, -0.25) is 4.79 Å². The average molecular weight is 196 g/mol. The molecule has 0 radical (unpaired) electrons. The molecule has 0 bridgehead atoms. The molecule has 0 spiro atoms. The third kappa shape index (κ3) is 3.50. The minimum absolute atomic E-state index is 0.0629. The van der Waals surface area contributed by atoms with Gasteiger partial charge in [0, 0.05) is 6.54 Å². The van der Waals surface area contributed by atoms with E-state index in [0.717, 1.165) is 19.4 Å². The maximum absolute atomic E-state index is 11.5. The predicted octanol–water partition coefficient (Wildman–Crippen LogP) is 1.20. The SMILES string of the molecule is CC(C)(N)C(=O)NCC1CC=CCC1. The van der Waals surface area contributed by atoms with Gasteiger partial charge in [-0.1, -0.05) is 12.2 Å². The number of nitrogens with two attached hydrogens (primary N) is 1. The number of carbonyl (C=O) groups is 1. The summed E-state index contributed by atoms with van der Waals surface area (Å²) in [7, 11) is 0. The van der Waals surface area contributed by atoms with E-state index < -0.39 is 5.54 Å². The summed E-state index contributed by atoms with van der Waals surface area (Å²) in [5.74, 6) is 0.526. The molecule has 1 aliphatic rings. The van der Waals surface area contributed by atoms with E-state index >= 15 is 0 Å². The van der Waals surface area contributed by atoms with Crippen LogP contribution in [0, 0.1) is 5.92 Å². The summed E-state index contributed by atoms with van der Waals surface area (Å²) in [6.45, 7) is 4.20. The minimum Gasteiger partial charge on any atom is -0.354 e. The van der Waals surface area contributed by atoms with Gasteiger partial charge in [-0.05, 0) is 39.0 Å². The smallest absolute Gasteiger partial charge is 0.239 e. The van der Waals surface area contributed by atoms with Crippen LogP contribution in [0.1, 0.15) is 33.1 Å². The zero-order chi connectivity index (χ0) is 10.6.